The van der Waals surface area contributed by atoms with Crippen molar-refractivity contribution in [2.45, 2.75) is 26.4 Å². The average Bonchev–Trinajstić information content (AvgIpc) is 2.90. The van der Waals surface area contributed by atoms with Gasteiger partial charge in [-0.3, -0.25) is 9.69 Å². The van der Waals surface area contributed by atoms with Crippen molar-refractivity contribution in [2.24, 2.45) is 11.7 Å². The van der Waals surface area contributed by atoms with E-state index in [0.29, 0.717) is 0 Å². The molecule has 0 aromatic carbocycles. The Morgan fingerprint density at radius 2 is 2.05 bits per heavy atom. The lowest BCUT2D eigenvalue weighted by Crippen LogP contribution is -2.54. The smallest absolute Gasteiger partial charge is 0.239 e. The Kier molecular flexibility index (Phi) is 4.96. The van der Waals surface area contributed by atoms with Gasteiger partial charge in [-0.05, 0) is 28.3 Å². The van der Waals surface area contributed by atoms with Gasteiger partial charge in [0, 0.05) is 32.7 Å². The van der Waals surface area contributed by atoms with E-state index in [9.17, 15) is 4.79 Å². The summed E-state index contributed by atoms with van der Waals surface area (Å²) in [6, 6.07) is 1.81. The number of rotatable bonds is 4. The SMILES string of the molecule is CC(C)[C@H](N)C(=O)N1CCN(Cc2ccsc2)CC1. The first-order valence-corrected chi connectivity index (χ1v) is 7.80. The second kappa shape index (κ2) is 6.50. The Balaban J connectivity index is 1.80. The molecule has 0 unspecified atom stereocenters. The lowest BCUT2D eigenvalue weighted by molar-refractivity contribution is -0.135. The van der Waals surface area contributed by atoms with Crippen LogP contribution in [0.2, 0.25) is 0 Å². The molecule has 0 radical (unpaired) electrons. The van der Waals surface area contributed by atoms with Crippen molar-refractivity contribution >= 4 is 17.2 Å². The predicted molar refractivity (Wildman–Crippen MR) is 79.0 cm³/mol. The molecule has 1 aromatic heterocycles. The standard InChI is InChI=1S/C14H23N3OS/c1-11(2)13(15)14(18)17-6-4-16(5-7-17)9-12-3-8-19-10-12/h3,8,10-11,13H,4-7,9,15H2,1-2H3/t13-/m0/s1. The summed E-state index contributed by atoms with van der Waals surface area (Å²) in [5.74, 6) is 0.307. The van der Waals surface area contributed by atoms with Gasteiger partial charge in [0.2, 0.25) is 5.91 Å². The van der Waals surface area contributed by atoms with Crippen LogP contribution in [0.15, 0.2) is 16.8 Å². The summed E-state index contributed by atoms with van der Waals surface area (Å²) >= 11 is 1.73. The second-order valence-electron chi connectivity index (χ2n) is 5.50. The van der Waals surface area contributed by atoms with Crippen LogP contribution in [0.1, 0.15) is 19.4 Å². The number of nitrogens with zero attached hydrogens (tertiary/aromatic N) is 2. The van der Waals surface area contributed by atoms with Gasteiger partial charge in [-0.15, -0.1) is 0 Å². The van der Waals surface area contributed by atoms with Crippen LogP contribution in [0.3, 0.4) is 0 Å². The van der Waals surface area contributed by atoms with Crippen LogP contribution in [-0.2, 0) is 11.3 Å². The maximum atomic E-state index is 12.1. The molecule has 19 heavy (non-hydrogen) atoms. The molecule has 1 aliphatic rings. The van der Waals surface area contributed by atoms with E-state index in [2.05, 4.69) is 21.7 Å². The summed E-state index contributed by atoms with van der Waals surface area (Å²) in [6.07, 6.45) is 0. The molecule has 1 fully saturated rings. The third kappa shape index (κ3) is 3.78. The summed E-state index contributed by atoms with van der Waals surface area (Å²) in [5, 5.41) is 4.29. The highest BCUT2D eigenvalue weighted by Crippen LogP contribution is 2.13. The predicted octanol–water partition coefficient (Wildman–Crippen LogP) is 1.38. The quantitative estimate of drug-likeness (QED) is 0.907. The zero-order valence-electron chi connectivity index (χ0n) is 11.7. The molecular formula is C14H23N3OS. The summed E-state index contributed by atoms with van der Waals surface area (Å²) in [7, 11) is 0. The van der Waals surface area contributed by atoms with Crippen molar-refractivity contribution in [3.05, 3.63) is 22.4 Å². The van der Waals surface area contributed by atoms with Gasteiger partial charge in [-0.25, -0.2) is 0 Å². The fraction of sp³-hybridized carbons (Fsp3) is 0.643. The first-order valence-electron chi connectivity index (χ1n) is 6.85. The Morgan fingerprint density at radius 1 is 1.37 bits per heavy atom. The van der Waals surface area contributed by atoms with E-state index in [0.717, 1.165) is 32.7 Å². The average molecular weight is 281 g/mol. The molecule has 1 aliphatic heterocycles. The number of amides is 1. The molecule has 0 aliphatic carbocycles. The van der Waals surface area contributed by atoms with Gasteiger partial charge in [0.15, 0.2) is 0 Å². The van der Waals surface area contributed by atoms with Crippen LogP contribution in [0.5, 0.6) is 0 Å². The highest BCUT2D eigenvalue weighted by atomic mass is 32.1. The molecule has 2 heterocycles. The molecule has 2 rings (SSSR count). The number of piperazine rings is 1. The largest absolute Gasteiger partial charge is 0.339 e. The molecule has 1 saturated heterocycles. The molecule has 1 aromatic rings. The number of hydrogen-bond donors (Lipinski definition) is 1. The Hall–Kier alpha value is -0.910. The molecule has 2 N–H and O–H groups in total. The molecule has 4 nitrogen and oxygen atoms in total. The van der Waals surface area contributed by atoms with E-state index in [1.807, 2.05) is 18.7 Å². The monoisotopic (exact) mass is 281 g/mol. The van der Waals surface area contributed by atoms with Crippen molar-refractivity contribution in [2.75, 3.05) is 26.2 Å². The minimum Gasteiger partial charge on any atom is -0.339 e. The summed E-state index contributed by atoms with van der Waals surface area (Å²) < 4.78 is 0. The lowest BCUT2D eigenvalue weighted by Gasteiger charge is -2.36. The van der Waals surface area contributed by atoms with Crippen LogP contribution in [-0.4, -0.2) is 47.9 Å². The first kappa shape index (κ1) is 14.5. The maximum Gasteiger partial charge on any atom is 0.239 e. The van der Waals surface area contributed by atoms with Gasteiger partial charge < -0.3 is 10.6 Å². The number of hydrogen-bond acceptors (Lipinski definition) is 4. The summed E-state index contributed by atoms with van der Waals surface area (Å²) in [5.41, 5.74) is 7.30. The molecule has 1 atom stereocenters. The number of thiophene rings is 1. The Bertz CT molecular complexity index is 397. The first-order chi connectivity index (χ1) is 9.08. The third-order valence-electron chi connectivity index (χ3n) is 3.67. The summed E-state index contributed by atoms with van der Waals surface area (Å²) in [6.45, 7) is 8.44. The topological polar surface area (TPSA) is 49.6 Å². The molecule has 0 spiro atoms. The molecule has 106 valence electrons. The fourth-order valence-corrected chi connectivity index (χ4v) is 2.92. The number of carbonyl (C=O) groups is 1. The fourth-order valence-electron chi connectivity index (χ4n) is 2.26. The van der Waals surface area contributed by atoms with Gasteiger partial charge in [0.25, 0.3) is 0 Å². The molecule has 0 saturated carbocycles. The lowest BCUT2D eigenvalue weighted by atomic mass is 10.0. The highest BCUT2D eigenvalue weighted by molar-refractivity contribution is 7.07. The van der Waals surface area contributed by atoms with Crippen LogP contribution in [0.25, 0.3) is 0 Å². The zero-order chi connectivity index (χ0) is 13.8. The number of carbonyl (C=O) groups excluding carboxylic acids is 1. The Morgan fingerprint density at radius 3 is 2.58 bits per heavy atom. The second-order valence-corrected chi connectivity index (χ2v) is 6.28. The van der Waals surface area contributed by atoms with E-state index in [4.69, 9.17) is 5.73 Å². The van der Waals surface area contributed by atoms with Gasteiger partial charge >= 0.3 is 0 Å². The van der Waals surface area contributed by atoms with E-state index in [1.54, 1.807) is 11.3 Å². The molecule has 0 bridgehead atoms. The van der Waals surface area contributed by atoms with Crippen LogP contribution >= 0.6 is 11.3 Å². The van der Waals surface area contributed by atoms with Crippen LogP contribution in [0, 0.1) is 5.92 Å². The van der Waals surface area contributed by atoms with E-state index >= 15 is 0 Å². The molecule has 5 heteroatoms. The van der Waals surface area contributed by atoms with Gasteiger partial charge in [0.1, 0.15) is 0 Å². The van der Waals surface area contributed by atoms with Crippen molar-refractivity contribution in [1.29, 1.82) is 0 Å². The normalized spacial score (nSPS) is 18.8. The molecule has 1 amide bonds. The third-order valence-corrected chi connectivity index (χ3v) is 4.41. The van der Waals surface area contributed by atoms with Crippen LogP contribution in [0.4, 0.5) is 0 Å². The van der Waals surface area contributed by atoms with Gasteiger partial charge in [-0.2, -0.15) is 11.3 Å². The van der Waals surface area contributed by atoms with Crippen molar-refractivity contribution < 1.29 is 4.79 Å². The van der Waals surface area contributed by atoms with E-state index in [-0.39, 0.29) is 17.9 Å². The minimum absolute atomic E-state index is 0.102. The Labute approximate surface area is 119 Å². The van der Waals surface area contributed by atoms with E-state index in [1.165, 1.54) is 5.56 Å². The van der Waals surface area contributed by atoms with Crippen molar-refractivity contribution in [3.63, 3.8) is 0 Å². The van der Waals surface area contributed by atoms with E-state index < -0.39 is 0 Å². The van der Waals surface area contributed by atoms with Crippen molar-refractivity contribution in [3.8, 4) is 0 Å². The zero-order valence-corrected chi connectivity index (χ0v) is 12.5. The van der Waals surface area contributed by atoms with Crippen LogP contribution < -0.4 is 5.73 Å². The number of nitrogens with two attached hydrogens (primary N) is 1. The highest BCUT2D eigenvalue weighted by Gasteiger charge is 2.26. The summed E-state index contributed by atoms with van der Waals surface area (Å²) in [4.78, 5) is 16.5. The maximum absolute atomic E-state index is 12.1. The molecular weight excluding hydrogens is 258 g/mol. The van der Waals surface area contributed by atoms with Crippen molar-refractivity contribution in [1.82, 2.24) is 9.80 Å². The van der Waals surface area contributed by atoms with Gasteiger partial charge in [0.05, 0.1) is 6.04 Å². The van der Waals surface area contributed by atoms with Gasteiger partial charge in [-0.1, -0.05) is 13.8 Å². The minimum atomic E-state index is -0.358.